The lowest BCUT2D eigenvalue weighted by Crippen LogP contribution is -2.18. The molecule has 0 N–H and O–H groups in total. The first-order valence-electron chi connectivity index (χ1n) is 14.1. The van der Waals surface area contributed by atoms with Crippen molar-refractivity contribution in [2.45, 2.75) is 44.9 Å². The van der Waals surface area contributed by atoms with Crippen LogP contribution in [0.4, 0.5) is 0 Å². The molecule has 0 atom stereocenters. The summed E-state index contributed by atoms with van der Waals surface area (Å²) in [5.41, 5.74) is 10.9. The van der Waals surface area contributed by atoms with Gasteiger partial charge in [0.1, 0.15) is 0 Å². The van der Waals surface area contributed by atoms with Gasteiger partial charge in [-0.15, -0.1) is 0 Å². The van der Waals surface area contributed by atoms with Gasteiger partial charge in [0.15, 0.2) is 11.6 Å². The Morgan fingerprint density at radius 3 is 2.08 bits per heavy atom. The Labute approximate surface area is 233 Å². The monoisotopic (exact) mass is 519 g/mol. The molecule has 0 spiro atoms. The van der Waals surface area contributed by atoms with Gasteiger partial charge < -0.3 is 0 Å². The minimum absolute atomic E-state index is 0.177. The Bertz CT molecular complexity index is 1860. The molecule has 0 fully saturated rings. The van der Waals surface area contributed by atoms with Crippen LogP contribution in [0.3, 0.4) is 0 Å². The molecular formula is C35H29N5. The summed E-state index contributed by atoms with van der Waals surface area (Å²) >= 11 is 0. The summed E-state index contributed by atoms with van der Waals surface area (Å²) in [5.74, 6) is 2.07. The molecule has 0 radical (unpaired) electrons. The van der Waals surface area contributed by atoms with Crippen molar-refractivity contribution >= 4 is 10.9 Å². The fourth-order valence-corrected chi connectivity index (χ4v) is 6.89. The van der Waals surface area contributed by atoms with E-state index in [1.165, 1.54) is 57.3 Å². The maximum atomic E-state index is 5.18. The summed E-state index contributed by atoms with van der Waals surface area (Å²) in [5, 5.41) is 1.32. The number of hydrogen-bond donors (Lipinski definition) is 0. The highest BCUT2D eigenvalue weighted by atomic mass is 15.2. The van der Waals surface area contributed by atoms with Gasteiger partial charge in [0, 0.05) is 45.6 Å². The number of benzene rings is 3. The molecule has 3 aromatic carbocycles. The molecule has 40 heavy (non-hydrogen) atoms. The Balaban J connectivity index is 1.48. The van der Waals surface area contributed by atoms with Crippen molar-refractivity contribution in [2.75, 3.05) is 0 Å². The van der Waals surface area contributed by atoms with Gasteiger partial charge in [-0.05, 0) is 54.0 Å². The number of nitrogens with zero attached hydrogens (tertiary/aromatic N) is 5. The van der Waals surface area contributed by atoms with Crippen LogP contribution in [-0.4, -0.2) is 24.5 Å². The molecule has 5 heteroatoms. The highest BCUT2D eigenvalue weighted by molar-refractivity contribution is 5.99. The van der Waals surface area contributed by atoms with E-state index in [9.17, 15) is 0 Å². The van der Waals surface area contributed by atoms with Crippen LogP contribution in [0.2, 0.25) is 0 Å². The van der Waals surface area contributed by atoms with E-state index in [0.29, 0.717) is 17.6 Å². The summed E-state index contributed by atoms with van der Waals surface area (Å²) in [6.07, 6.45) is 8.40. The quantitative estimate of drug-likeness (QED) is 0.240. The number of aromatic nitrogens is 5. The smallest absolute Gasteiger partial charge is 0.238 e. The Morgan fingerprint density at radius 2 is 1.38 bits per heavy atom. The molecule has 6 aromatic rings. The lowest BCUT2D eigenvalue weighted by molar-refractivity contribution is 0.651. The van der Waals surface area contributed by atoms with Crippen molar-refractivity contribution in [3.63, 3.8) is 0 Å². The molecule has 0 amide bonds. The second-order valence-electron chi connectivity index (χ2n) is 11.4. The average Bonchev–Trinajstić information content (AvgIpc) is 3.47. The summed E-state index contributed by atoms with van der Waals surface area (Å²) in [7, 11) is 0. The van der Waals surface area contributed by atoms with E-state index in [1.807, 2.05) is 48.8 Å². The molecule has 3 aromatic heterocycles. The van der Waals surface area contributed by atoms with E-state index in [-0.39, 0.29) is 5.41 Å². The third-order valence-corrected chi connectivity index (χ3v) is 8.73. The molecule has 2 aliphatic carbocycles. The largest absolute Gasteiger partial charge is 0.282 e. The van der Waals surface area contributed by atoms with Crippen molar-refractivity contribution < 1.29 is 0 Å². The van der Waals surface area contributed by atoms with Crippen LogP contribution in [-0.2, 0) is 18.3 Å². The van der Waals surface area contributed by atoms with Crippen LogP contribution in [0.15, 0.2) is 91.3 Å². The number of pyridine rings is 1. The first-order valence-corrected chi connectivity index (χ1v) is 14.1. The zero-order valence-electron chi connectivity index (χ0n) is 22.7. The molecule has 0 bridgehead atoms. The van der Waals surface area contributed by atoms with Gasteiger partial charge in [-0.2, -0.15) is 9.97 Å². The van der Waals surface area contributed by atoms with Crippen LogP contribution in [0, 0.1) is 0 Å². The lowest BCUT2D eigenvalue weighted by Gasteiger charge is -2.23. The van der Waals surface area contributed by atoms with Crippen LogP contribution in [0.25, 0.3) is 50.8 Å². The van der Waals surface area contributed by atoms with Gasteiger partial charge in [-0.3, -0.25) is 9.55 Å². The Hall–Kier alpha value is -4.64. The van der Waals surface area contributed by atoms with Gasteiger partial charge in [-0.1, -0.05) is 86.6 Å². The molecule has 0 saturated heterocycles. The summed E-state index contributed by atoms with van der Waals surface area (Å²) in [6.45, 7) is 4.68. The van der Waals surface area contributed by atoms with Crippen molar-refractivity contribution in [2.24, 2.45) is 0 Å². The molecule has 3 heterocycles. The number of fused-ring (bicyclic) bond motifs is 7. The normalized spacial score (nSPS) is 15.1. The summed E-state index contributed by atoms with van der Waals surface area (Å²) in [4.78, 5) is 19.8. The topological polar surface area (TPSA) is 56.5 Å². The third kappa shape index (κ3) is 3.33. The zero-order valence-corrected chi connectivity index (χ0v) is 22.7. The standard InChI is InChI=1S/C35H29N5/c1-35(2)28-19-20-36-21-27(28)25-17-18-26-24-15-9-10-16-29(24)40(31(26)30(25)35)34-38-32(22-11-5-3-6-12-22)37-33(39-34)23-13-7-4-8-14-23/h3-8,11-14,17-21H,9-10,15-16H2,1-2H3. The van der Waals surface area contributed by atoms with Gasteiger partial charge >= 0.3 is 0 Å². The van der Waals surface area contributed by atoms with Gasteiger partial charge in [0.05, 0.1) is 5.52 Å². The number of aryl methyl sites for hydroxylation is 1. The fraction of sp³-hybridized carbons (Fsp3) is 0.200. The van der Waals surface area contributed by atoms with Gasteiger partial charge in [0.2, 0.25) is 5.95 Å². The van der Waals surface area contributed by atoms with Crippen LogP contribution >= 0.6 is 0 Å². The molecule has 0 saturated carbocycles. The van der Waals surface area contributed by atoms with Gasteiger partial charge in [-0.25, -0.2) is 4.98 Å². The third-order valence-electron chi connectivity index (χ3n) is 8.73. The van der Waals surface area contributed by atoms with Crippen LogP contribution < -0.4 is 0 Å². The van der Waals surface area contributed by atoms with Crippen molar-refractivity contribution in [1.82, 2.24) is 24.5 Å². The Morgan fingerprint density at radius 1 is 0.700 bits per heavy atom. The van der Waals surface area contributed by atoms with Gasteiger partial charge in [0.25, 0.3) is 0 Å². The second-order valence-corrected chi connectivity index (χ2v) is 11.4. The van der Waals surface area contributed by atoms with Crippen LogP contribution in [0.5, 0.6) is 0 Å². The molecule has 5 nitrogen and oxygen atoms in total. The number of rotatable bonds is 3. The molecular weight excluding hydrogens is 490 g/mol. The minimum Gasteiger partial charge on any atom is -0.282 e. The van der Waals surface area contributed by atoms with E-state index < -0.39 is 0 Å². The maximum absolute atomic E-state index is 5.18. The first kappa shape index (κ1) is 23.3. The lowest BCUT2D eigenvalue weighted by atomic mass is 9.81. The van der Waals surface area contributed by atoms with Crippen LogP contribution in [0.1, 0.15) is 49.1 Å². The molecule has 194 valence electrons. The SMILES string of the molecule is CC1(C)c2ccncc2-c2ccc3c4c(n(-c5nc(-c6ccccc6)nc(-c6ccccc6)n5)c3c21)CCCC4. The highest BCUT2D eigenvalue weighted by Gasteiger charge is 2.39. The van der Waals surface area contributed by atoms with Crippen molar-refractivity contribution in [1.29, 1.82) is 0 Å². The highest BCUT2D eigenvalue weighted by Crippen LogP contribution is 2.52. The first-order chi connectivity index (χ1) is 19.6. The summed E-state index contributed by atoms with van der Waals surface area (Å²) < 4.78 is 2.38. The second kappa shape index (κ2) is 8.68. The molecule has 0 unspecified atom stereocenters. The van der Waals surface area contributed by atoms with Crippen molar-refractivity contribution in [3.8, 4) is 39.9 Å². The maximum Gasteiger partial charge on any atom is 0.238 e. The average molecular weight is 520 g/mol. The molecule has 0 aliphatic heterocycles. The minimum atomic E-state index is -0.177. The van der Waals surface area contributed by atoms with E-state index in [0.717, 1.165) is 24.0 Å². The van der Waals surface area contributed by atoms with E-state index in [1.54, 1.807) is 0 Å². The van der Waals surface area contributed by atoms with Crippen molar-refractivity contribution in [3.05, 3.63) is 114 Å². The Kier molecular flexibility index (Phi) is 5.05. The van der Waals surface area contributed by atoms with E-state index >= 15 is 0 Å². The van der Waals surface area contributed by atoms with E-state index in [4.69, 9.17) is 15.0 Å². The summed E-state index contributed by atoms with van der Waals surface area (Å²) in [6, 6.07) is 27.3. The predicted octanol–water partition coefficient (Wildman–Crippen LogP) is 7.73. The number of hydrogen-bond acceptors (Lipinski definition) is 4. The fourth-order valence-electron chi connectivity index (χ4n) is 6.89. The van der Waals surface area contributed by atoms with E-state index in [2.05, 4.69) is 65.9 Å². The predicted molar refractivity (Wildman–Crippen MR) is 160 cm³/mol. The molecule has 2 aliphatic rings. The molecule has 8 rings (SSSR count). The zero-order chi connectivity index (χ0) is 26.8.